The fourth-order valence-electron chi connectivity index (χ4n) is 4.03. The number of nitrogens with zero attached hydrogens (tertiary/aromatic N) is 3. The summed E-state index contributed by atoms with van der Waals surface area (Å²) in [6, 6.07) is 10.9. The molecule has 1 saturated carbocycles. The smallest absolute Gasteiger partial charge is 0.169 e. The third-order valence-electron chi connectivity index (χ3n) is 5.67. The molecule has 1 aliphatic carbocycles. The molecule has 1 aromatic heterocycles. The molecular formula is C22H26ClN3O. The van der Waals surface area contributed by atoms with Gasteiger partial charge >= 0.3 is 0 Å². The number of aromatic nitrogens is 2. The van der Waals surface area contributed by atoms with Crippen molar-refractivity contribution in [3.8, 4) is 6.07 Å². The van der Waals surface area contributed by atoms with E-state index in [-0.39, 0.29) is 10.6 Å². The lowest BCUT2D eigenvalue weighted by Gasteiger charge is -2.31. The van der Waals surface area contributed by atoms with Crippen molar-refractivity contribution in [3.63, 3.8) is 0 Å². The maximum Gasteiger partial charge on any atom is 0.169 e. The van der Waals surface area contributed by atoms with Gasteiger partial charge in [0.25, 0.3) is 0 Å². The van der Waals surface area contributed by atoms with Crippen molar-refractivity contribution in [1.29, 1.82) is 5.26 Å². The predicted octanol–water partition coefficient (Wildman–Crippen LogP) is 5.47. The minimum absolute atomic E-state index is 0.276. The highest BCUT2D eigenvalue weighted by molar-refractivity contribution is 6.31. The standard InChI is InChI=1S/C22H26ClN3O/c1-2-3-7-20-25-21(23)19(15-27)26(20)14-17-8-10-18(11-9-17)22(16-24)12-5-4-6-13-22/h8-11,15H,2-7,12-14H2,1H3. The number of unbranched alkanes of at least 4 members (excludes halogenated alkanes) is 1. The van der Waals surface area contributed by atoms with E-state index in [1.165, 1.54) is 6.42 Å². The molecule has 0 amide bonds. The van der Waals surface area contributed by atoms with Crippen LogP contribution in [0.2, 0.25) is 5.15 Å². The molecule has 1 aliphatic rings. The Morgan fingerprint density at radius 2 is 1.96 bits per heavy atom. The Balaban J connectivity index is 1.85. The lowest BCUT2D eigenvalue weighted by Crippen LogP contribution is -2.27. The molecule has 0 bridgehead atoms. The van der Waals surface area contributed by atoms with Gasteiger partial charge in [0.1, 0.15) is 11.5 Å². The first-order chi connectivity index (χ1) is 13.1. The summed E-state index contributed by atoms with van der Waals surface area (Å²) in [5.41, 5.74) is 2.29. The normalized spacial score (nSPS) is 16.0. The number of rotatable bonds is 7. The van der Waals surface area contributed by atoms with Crippen LogP contribution in [0.15, 0.2) is 24.3 Å². The molecule has 0 radical (unpaired) electrons. The third kappa shape index (κ3) is 4.09. The summed E-state index contributed by atoms with van der Waals surface area (Å²) < 4.78 is 1.92. The van der Waals surface area contributed by atoms with E-state index in [0.717, 1.165) is 68.2 Å². The second-order valence-electron chi connectivity index (χ2n) is 7.46. The number of nitriles is 1. The molecular weight excluding hydrogens is 358 g/mol. The third-order valence-corrected chi connectivity index (χ3v) is 5.95. The Hall–Kier alpha value is -2.12. The Morgan fingerprint density at radius 3 is 2.56 bits per heavy atom. The number of aldehydes is 1. The maximum absolute atomic E-state index is 11.5. The summed E-state index contributed by atoms with van der Waals surface area (Å²) >= 11 is 6.16. The highest BCUT2D eigenvalue weighted by Crippen LogP contribution is 2.39. The van der Waals surface area contributed by atoms with Gasteiger partial charge in [-0.05, 0) is 30.4 Å². The Kier molecular flexibility index (Phi) is 6.34. The largest absolute Gasteiger partial charge is 0.320 e. The highest BCUT2D eigenvalue weighted by Gasteiger charge is 2.33. The van der Waals surface area contributed by atoms with Crippen LogP contribution in [-0.2, 0) is 18.4 Å². The van der Waals surface area contributed by atoms with Crippen LogP contribution in [0.5, 0.6) is 0 Å². The summed E-state index contributed by atoms with van der Waals surface area (Å²) in [4.78, 5) is 15.9. The summed E-state index contributed by atoms with van der Waals surface area (Å²) in [6.45, 7) is 2.69. The van der Waals surface area contributed by atoms with Gasteiger partial charge in [0.15, 0.2) is 11.4 Å². The Labute approximate surface area is 166 Å². The minimum atomic E-state index is -0.338. The zero-order chi connectivity index (χ0) is 19.3. The lowest BCUT2D eigenvalue weighted by atomic mass is 9.70. The molecule has 0 unspecified atom stereocenters. The second kappa shape index (κ2) is 8.71. The average Bonchev–Trinajstić information content (AvgIpc) is 3.01. The number of benzene rings is 1. The van der Waals surface area contributed by atoms with E-state index in [0.29, 0.717) is 12.2 Å². The number of aryl methyl sites for hydroxylation is 1. The molecule has 0 aliphatic heterocycles. The molecule has 5 heteroatoms. The zero-order valence-electron chi connectivity index (χ0n) is 15.9. The number of carbonyl (C=O) groups is 1. The fraction of sp³-hybridized carbons (Fsp3) is 0.500. The Bertz CT molecular complexity index is 826. The first-order valence-electron chi connectivity index (χ1n) is 9.84. The summed E-state index contributed by atoms with van der Waals surface area (Å²) in [7, 11) is 0. The van der Waals surface area contributed by atoms with E-state index in [2.05, 4.69) is 42.2 Å². The topological polar surface area (TPSA) is 58.7 Å². The van der Waals surface area contributed by atoms with E-state index >= 15 is 0 Å². The SMILES string of the molecule is CCCCc1nc(Cl)c(C=O)n1Cc1ccc(C2(C#N)CCCCC2)cc1. The van der Waals surface area contributed by atoms with E-state index < -0.39 is 0 Å². The molecule has 1 fully saturated rings. The van der Waals surface area contributed by atoms with Crippen molar-refractivity contribution in [2.45, 2.75) is 70.3 Å². The van der Waals surface area contributed by atoms with Crippen LogP contribution < -0.4 is 0 Å². The maximum atomic E-state index is 11.5. The predicted molar refractivity (Wildman–Crippen MR) is 107 cm³/mol. The zero-order valence-corrected chi connectivity index (χ0v) is 16.6. The van der Waals surface area contributed by atoms with Crippen LogP contribution in [-0.4, -0.2) is 15.8 Å². The van der Waals surface area contributed by atoms with Gasteiger partial charge in [-0.3, -0.25) is 4.79 Å². The summed E-state index contributed by atoms with van der Waals surface area (Å²) in [6.07, 6.45) is 9.00. The van der Waals surface area contributed by atoms with Crippen molar-refractivity contribution < 1.29 is 4.79 Å². The van der Waals surface area contributed by atoms with E-state index in [1.54, 1.807) is 0 Å². The van der Waals surface area contributed by atoms with Crippen molar-refractivity contribution in [1.82, 2.24) is 9.55 Å². The number of imidazole rings is 1. The van der Waals surface area contributed by atoms with Gasteiger partial charge in [-0.15, -0.1) is 0 Å². The monoisotopic (exact) mass is 383 g/mol. The molecule has 142 valence electrons. The molecule has 0 saturated heterocycles. The van der Waals surface area contributed by atoms with Gasteiger partial charge in [-0.1, -0.05) is 68.5 Å². The molecule has 3 rings (SSSR count). The van der Waals surface area contributed by atoms with Crippen LogP contribution in [0.3, 0.4) is 0 Å². The molecule has 0 spiro atoms. The summed E-state index contributed by atoms with van der Waals surface area (Å²) in [5, 5.41) is 10.0. The van der Waals surface area contributed by atoms with Crippen molar-refractivity contribution in [2.24, 2.45) is 0 Å². The molecule has 27 heavy (non-hydrogen) atoms. The summed E-state index contributed by atoms with van der Waals surface area (Å²) in [5.74, 6) is 0.855. The first-order valence-corrected chi connectivity index (χ1v) is 10.2. The molecule has 0 N–H and O–H groups in total. The average molecular weight is 384 g/mol. The Morgan fingerprint density at radius 1 is 1.26 bits per heavy atom. The van der Waals surface area contributed by atoms with Gasteiger partial charge in [-0.25, -0.2) is 4.98 Å². The van der Waals surface area contributed by atoms with Crippen LogP contribution >= 0.6 is 11.6 Å². The second-order valence-corrected chi connectivity index (χ2v) is 7.82. The van der Waals surface area contributed by atoms with E-state index in [9.17, 15) is 10.1 Å². The number of hydrogen-bond acceptors (Lipinski definition) is 3. The van der Waals surface area contributed by atoms with Crippen LogP contribution in [0, 0.1) is 11.3 Å². The van der Waals surface area contributed by atoms with Crippen LogP contribution in [0.1, 0.15) is 79.3 Å². The fourth-order valence-corrected chi connectivity index (χ4v) is 4.27. The molecule has 0 atom stereocenters. The minimum Gasteiger partial charge on any atom is -0.320 e. The van der Waals surface area contributed by atoms with Crippen LogP contribution in [0.4, 0.5) is 0 Å². The molecule has 1 heterocycles. The van der Waals surface area contributed by atoms with Crippen molar-refractivity contribution in [2.75, 3.05) is 0 Å². The van der Waals surface area contributed by atoms with Gasteiger partial charge in [0.05, 0.1) is 11.5 Å². The number of carbonyl (C=O) groups excluding carboxylic acids is 1. The van der Waals surface area contributed by atoms with Gasteiger partial charge in [-0.2, -0.15) is 5.26 Å². The van der Waals surface area contributed by atoms with Crippen LogP contribution in [0.25, 0.3) is 0 Å². The number of halogens is 1. The van der Waals surface area contributed by atoms with Crippen molar-refractivity contribution in [3.05, 3.63) is 52.1 Å². The quantitative estimate of drug-likeness (QED) is 0.596. The van der Waals surface area contributed by atoms with Gasteiger partial charge in [0.2, 0.25) is 0 Å². The van der Waals surface area contributed by atoms with E-state index in [1.807, 2.05) is 4.57 Å². The van der Waals surface area contributed by atoms with Crippen molar-refractivity contribution >= 4 is 17.9 Å². The number of hydrogen-bond donors (Lipinski definition) is 0. The van der Waals surface area contributed by atoms with Gasteiger partial charge < -0.3 is 4.57 Å². The van der Waals surface area contributed by atoms with Gasteiger partial charge in [0, 0.05) is 13.0 Å². The highest BCUT2D eigenvalue weighted by atomic mass is 35.5. The molecule has 2 aromatic rings. The molecule has 4 nitrogen and oxygen atoms in total. The first kappa shape index (κ1) is 19.6. The molecule has 1 aromatic carbocycles. The lowest BCUT2D eigenvalue weighted by molar-refractivity contribution is 0.111. The van der Waals surface area contributed by atoms with E-state index in [4.69, 9.17) is 11.6 Å².